The molecular formula is C26H29FN4O3S. The zero-order valence-electron chi connectivity index (χ0n) is 20.0. The average Bonchev–Trinajstić information content (AvgIpc) is 2.86. The minimum absolute atomic E-state index is 0.0454. The summed E-state index contributed by atoms with van der Waals surface area (Å²) in [7, 11) is -3.25. The van der Waals surface area contributed by atoms with Crippen molar-refractivity contribution >= 4 is 21.7 Å². The molecule has 7 nitrogen and oxygen atoms in total. The van der Waals surface area contributed by atoms with Gasteiger partial charge in [-0.15, -0.1) is 0 Å². The number of rotatable bonds is 7. The minimum Gasteiger partial charge on any atom is -0.348 e. The van der Waals surface area contributed by atoms with Gasteiger partial charge in [0.1, 0.15) is 0 Å². The number of hydrogen-bond acceptors (Lipinski definition) is 6. The van der Waals surface area contributed by atoms with E-state index in [4.69, 9.17) is 0 Å². The molecule has 0 spiro atoms. The van der Waals surface area contributed by atoms with Gasteiger partial charge in [0, 0.05) is 31.1 Å². The van der Waals surface area contributed by atoms with Gasteiger partial charge in [-0.3, -0.25) is 4.79 Å². The van der Waals surface area contributed by atoms with Crippen LogP contribution < -0.4 is 10.2 Å². The number of aromatic nitrogens is 2. The lowest BCUT2D eigenvalue weighted by Gasteiger charge is -2.37. The van der Waals surface area contributed by atoms with E-state index < -0.39 is 15.7 Å². The number of amides is 1. The van der Waals surface area contributed by atoms with Crippen molar-refractivity contribution in [1.29, 1.82) is 0 Å². The molecule has 4 rings (SSSR count). The number of fused-ring (bicyclic) bond motifs is 1. The Morgan fingerprint density at radius 2 is 1.83 bits per heavy atom. The van der Waals surface area contributed by atoms with E-state index in [9.17, 15) is 17.6 Å². The summed E-state index contributed by atoms with van der Waals surface area (Å²) >= 11 is 0. The molecule has 0 bridgehead atoms. The molecule has 1 aromatic heterocycles. The summed E-state index contributed by atoms with van der Waals surface area (Å²) in [5.74, 6) is 0.398. The first-order valence-electron chi connectivity index (χ1n) is 11.6. The predicted molar refractivity (Wildman–Crippen MR) is 132 cm³/mol. The van der Waals surface area contributed by atoms with E-state index in [2.05, 4.69) is 29.1 Å². The van der Waals surface area contributed by atoms with Gasteiger partial charge in [-0.1, -0.05) is 39.0 Å². The van der Waals surface area contributed by atoms with Gasteiger partial charge in [0.2, 0.25) is 5.95 Å². The number of hydrogen-bond donors (Lipinski definition) is 1. The number of nitrogens with one attached hydrogen (secondary N) is 1. The van der Waals surface area contributed by atoms with E-state index in [-0.39, 0.29) is 29.0 Å². The molecule has 1 aliphatic rings. The van der Waals surface area contributed by atoms with Gasteiger partial charge in [-0.2, -0.15) is 0 Å². The van der Waals surface area contributed by atoms with E-state index in [0.29, 0.717) is 30.5 Å². The monoisotopic (exact) mass is 496 g/mol. The van der Waals surface area contributed by atoms with E-state index in [0.717, 1.165) is 23.5 Å². The molecule has 0 unspecified atom stereocenters. The molecule has 0 aliphatic carbocycles. The second-order valence-corrected chi connectivity index (χ2v) is 11.4. The molecule has 3 aromatic rings. The largest absolute Gasteiger partial charge is 0.348 e. The highest BCUT2D eigenvalue weighted by Crippen LogP contribution is 2.35. The van der Waals surface area contributed by atoms with E-state index in [1.54, 1.807) is 31.2 Å². The van der Waals surface area contributed by atoms with Crippen LogP contribution in [-0.2, 0) is 22.9 Å². The van der Waals surface area contributed by atoms with Gasteiger partial charge in [-0.25, -0.2) is 22.8 Å². The number of carbonyl (C=O) groups excluding carboxylic acids is 1. The lowest BCUT2D eigenvalue weighted by molar-refractivity contribution is 0.0950. The molecule has 35 heavy (non-hydrogen) atoms. The maximum atomic E-state index is 13.3. The highest BCUT2D eigenvalue weighted by molar-refractivity contribution is 7.91. The lowest BCUT2D eigenvalue weighted by atomic mass is 9.82. The molecule has 0 radical (unpaired) electrons. The van der Waals surface area contributed by atoms with Gasteiger partial charge in [-0.05, 0) is 46.9 Å². The number of carbonyl (C=O) groups is 1. The van der Waals surface area contributed by atoms with Gasteiger partial charge in [0.05, 0.1) is 23.0 Å². The van der Waals surface area contributed by atoms with Crippen LogP contribution in [0.1, 0.15) is 53.7 Å². The lowest BCUT2D eigenvalue weighted by Crippen LogP contribution is -2.37. The average molecular weight is 497 g/mol. The summed E-state index contributed by atoms with van der Waals surface area (Å²) in [4.78, 5) is 23.5. The highest BCUT2D eigenvalue weighted by Gasteiger charge is 2.29. The van der Waals surface area contributed by atoms with Crippen LogP contribution in [0.3, 0.4) is 0 Å². The molecule has 2 aromatic carbocycles. The van der Waals surface area contributed by atoms with E-state index >= 15 is 0 Å². The maximum Gasteiger partial charge on any atom is 0.251 e. The fraction of sp³-hybridized carbons (Fsp3) is 0.346. The Hall–Kier alpha value is -3.33. The van der Waals surface area contributed by atoms with Crippen molar-refractivity contribution in [3.63, 3.8) is 0 Å². The van der Waals surface area contributed by atoms with Crippen LogP contribution in [-0.4, -0.2) is 36.6 Å². The number of sulfone groups is 1. The standard InChI is InChI=1S/C26H29FN4O3S/c1-4-35(33,34)22-8-5-18(6-9-22)12-28-25(32)19-7-10-23-20(11-19)15-31(16-24(23)17(2)3)26-29-13-21(27)14-30-26/h5-11,13-14,17,24H,4,12,15-16H2,1-3H3,(H,28,32)/t24-/m0/s1. The Bertz CT molecular complexity index is 1310. The van der Waals surface area contributed by atoms with Crippen molar-refractivity contribution in [2.45, 2.75) is 44.7 Å². The van der Waals surface area contributed by atoms with Gasteiger partial charge in [0.25, 0.3) is 5.91 Å². The van der Waals surface area contributed by atoms with Crippen molar-refractivity contribution in [1.82, 2.24) is 15.3 Å². The van der Waals surface area contributed by atoms with Crippen molar-refractivity contribution < 1.29 is 17.6 Å². The Morgan fingerprint density at radius 3 is 2.46 bits per heavy atom. The zero-order chi connectivity index (χ0) is 25.2. The Morgan fingerprint density at radius 1 is 1.14 bits per heavy atom. The summed E-state index contributed by atoms with van der Waals surface area (Å²) < 4.78 is 37.3. The number of anilines is 1. The van der Waals surface area contributed by atoms with Crippen LogP contribution in [0.5, 0.6) is 0 Å². The van der Waals surface area contributed by atoms with Crippen LogP contribution in [0, 0.1) is 11.7 Å². The second-order valence-electron chi connectivity index (χ2n) is 9.08. The van der Waals surface area contributed by atoms with Gasteiger partial charge < -0.3 is 10.2 Å². The summed E-state index contributed by atoms with van der Waals surface area (Å²) in [6, 6.07) is 12.3. The fourth-order valence-corrected chi connectivity index (χ4v) is 5.19. The molecule has 1 amide bonds. The molecule has 0 fully saturated rings. The molecule has 2 heterocycles. The third-order valence-corrected chi connectivity index (χ3v) is 8.14. The first-order chi connectivity index (χ1) is 16.7. The van der Waals surface area contributed by atoms with Crippen molar-refractivity contribution in [2.24, 2.45) is 5.92 Å². The summed E-state index contributed by atoms with van der Waals surface area (Å²) in [5.41, 5.74) is 3.57. The summed E-state index contributed by atoms with van der Waals surface area (Å²) in [6.45, 7) is 7.44. The second kappa shape index (κ2) is 10.1. The maximum absolute atomic E-state index is 13.3. The van der Waals surface area contributed by atoms with Crippen LogP contribution in [0.15, 0.2) is 59.8 Å². The molecule has 0 saturated carbocycles. The third kappa shape index (κ3) is 5.51. The summed E-state index contributed by atoms with van der Waals surface area (Å²) in [5, 5.41) is 2.91. The first-order valence-corrected chi connectivity index (χ1v) is 13.3. The number of benzene rings is 2. The number of nitrogens with zero attached hydrogens (tertiary/aromatic N) is 3. The van der Waals surface area contributed by atoms with Crippen molar-refractivity contribution in [3.05, 3.63) is 82.9 Å². The minimum atomic E-state index is -3.25. The molecular weight excluding hydrogens is 467 g/mol. The molecule has 1 aliphatic heterocycles. The molecule has 1 atom stereocenters. The quantitative estimate of drug-likeness (QED) is 0.530. The van der Waals surface area contributed by atoms with Crippen LogP contribution in [0.2, 0.25) is 0 Å². The topological polar surface area (TPSA) is 92.3 Å². The van der Waals surface area contributed by atoms with Crippen LogP contribution in [0.4, 0.5) is 10.3 Å². The normalized spacial score (nSPS) is 15.7. The number of halogens is 1. The van der Waals surface area contributed by atoms with Crippen LogP contribution >= 0.6 is 0 Å². The van der Waals surface area contributed by atoms with Crippen molar-refractivity contribution in [3.8, 4) is 0 Å². The Labute approximate surface area is 205 Å². The molecule has 9 heteroatoms. The fourth-order valence-electron chi connectivity index (χ4n) is 4.31. The molecule has 0 saturated heterocycles. The molecule has 184 valence electrons. The molecule has 1 N–H and O–H groups in total. The van der Waals surface area contributed by atoms with Crippen molar-refractivity contribution in [2.75, 3.05) is 17.2 Å². The van der Waals surface area contributed by atoms with Gasteiger partial charge in [0.15, 0.2) is 15.7 Å². The Kier molecular flexibility index (Phi) is 7.16. The third-order valence-electron chi connectivity index (χ3n) is 6.39. The first kappa shape index (κ1) is 24.8. The van der Waals surface area contributed by atoms with E-state index in [1.807, 2.05) is 23.1 Å². The van der Waals surface area contributed by atoms with E-state index in [1.165, 1.54) is 5.56 Å². The smallest absolute Gasteiger partial charge is 0.251 e. The zero-order valence-corrected chi connectivity index (χ0v) is 20.8. The summed E-state index contributed by atoms with van der Waals surface area (Å²) in [6.07, 6.45) is 2.33. The Balaban J connectivity index is 1.50. The SMILES string of the molecule is CCS(=O)(=O)c1ccc(CNC(=O)c2ccc3c(c2)CN(c2ncc(F)cn2)C[C@H]3C(C)C)cc1. The predicted octanol–water partition coefficient (Wildman–Crippen LogP) is 4.10. The van der Waals surface area contributed by atoms with Gasteiger partial charge >= 0.3 is 0 Å². The highest BCUT2D eigenvalue weighted by atomic mass is 32.2. The van der Waals surface area contributed by atoms with Crippen LogP contribution in [0.25, 0.3) is 0 Å².